The molecule has 0 aliphatic carbocycles. The third-order valence-electron chi connectivity index (χ3n) is 4.56. The van der Waals surface area contributed by atoms with Gasteiger partial charge in [-0.3, -0.25) is 4.79 Å². The van der Waals surface area contributed by atoms with Gasteiger partial charge in [0.15, 0.2) is 0 Å². The van der Waals surface area contributed by atoms with Crippen LogP contribution in [0.15, 0.2) is 71.7 Å². The van der Waals surface area contributed by atoms with Crippen molar-refractivity contribution in [3.05, 3.63) is 99.7 Å². The van der Waals surface area contributed by atoms with Crippen LogP contribution in [-0.4, -0.2) is 14.4 Å². The number of benzene rings is 2. The molecule has 0 spiro atoms. The number of aromatic hydroxyl groups is 1. The van der Waals surface area contributed by atoms with Crippen LogP contribution in [0.4, 0.5) is 4.39 Å². The summed E-state index contributed by atoms with van der Waals surface area (Å²) in [6.45, 7) is 4.68. The van der Waals surface area contributed by atoms with E-state index in [0.29, 0.717) is 18.5 Å². The number of hydrogen-bond acceptors (Lipinski definition) is 3. The lowest BCUT2D eigenvalue weighted by Crippen LogP contribution is -2.32. The summed E-state index contributed by atoms with van der Waals surface area (Å²) in [6, 6.07) is 17.7. The number of thioether (sulfide) groups is 1. The van der Waals surface area contributed by atoms with Crippen molar-refractivity contribution in [2.75, 3.05) is 0 Å². The molecule has 0 saturated heterocycles. The first-order chi connectivity index (χ1) is 13.3. The fraction of sp³-hybridized carbons (Fsp3) is 0.261. The van der Waals surface area contributed by atoms with Gasteiger partial charge >= 0.3 is 0 Å². The van der Waals surface area contributed by atoms with Gasteiger partial charge in [-0.15, -0.1) is 11.8 Å². The van der Waals surface area contributed by atoms with Crippen LogP contribution in [0, 0.1) is 5.82 Å². The molecule has 146 valence electrons. The number of pyridine rings is 1. The molecule has 0 saturated carbocycles. The Morgan fingerprint density at radius 2 is 1.68 bits per heavy atom. The van der Waals surface area contributed by atoms with E-state index >= 15 is 0 Å². The highest BCUT2D eigenvalue weighted by Gasteiger charge is 2.21. The van der Waals surface area contributed by atoms with Crippen LogP contribution < -0.4 is 5.56 Å². The van der Waals surface area contributed by atoms with E-state index < -0.39 is 0 Å². The predicted octanol–water partition coefficient (Wildman–Crippen LogP) is 5.00. The first-order valence-electron chi connectivity index (χ1n) is 9.18. The number of halogens is 1. The average Bonchev–Trinajstić information content (AvgIpc) is 2.68. The fourth-order valence-electron chi connectivity index (χ4n) is 3.02. The zero-order chi connectivity index (χ0) is 20.1. The van der Waals surface area contributed by atoms with Crippen molar-refractivity contribution >= 4 is 11.8 Å². The van der Waals surface area contributed by atoms with Crippen molar-refractivity contribution in [1.29, 1.82) is 0 Å². The molecular weight excluding hydrogens is 373 g/mol. The van der Waals surface area contributed by atoms with Gasteiger partial charge in [0.25, 0.3) is 5.56 Å². The van der Waals surface area contributed by atoms with Crippen molar-refractivity contribution in [3.8, 4) is 5.75 Å². The summed E-state index contributed by atoms with van der Waals surface area (Å²) in [6.07, 6.45) is 2.04. The molecule has 0 unspecified atom stereocenters. The molecule has 5 heteroatoms. The van der Waals surface area contributed by atoms with Gasteiger partial charge in [-0.05, 0) is 43.2 Å². The predicted molar refractivity (Wildman–Crippen MR) is 113 cm³/mol. The van der Waals surface area contributed by atoms with Crippen LogP contribution in [0.3, 0.4) is 0 Å². The number of nitrogens with zero attached hydrogens (tertiary/aromatic N) is 1. The summed E-state index contributed by atoms with van der Waals surface area (Å²) in [5, 5.41) is 10.2. The summed E-state index contributed by atoms with van der Waals surface area (Å²) in [5.74, 6) is 0.522. The quantitative estimate of drug-likeness (QED) is 0.610. The van der Waals surface area contributed by atoms with Crippen LogP contribution in [0.1, 0.15) is 30.5 Å². The second-order valence-electron chi connectivity index (χ2n) is 7.45. The average molecular weight is 398 g/mol. The van der Waals surface area contributed by atoms with Crippen molar-refractivity contribution < 1.29 is 9.50 Å². The van der Waals surface area contributed by atoms with Crippen molar-refractivity contribution in [2.45, 2.75) is 37.3 Å². The van der Waals surface area contributed by atoms with E-state index in [0.717, 1.165) is 16.9 Å². The Labute approximate surface area is 168 Å². The molecule has 3 rings (SSSR count). The Bertz CT molecular complexity index is 982. The van der Waals surface area contributed by atoms with Crippen molar-refractivity contribution in [1.82, 2.24) is 4.57 Å². The van der Waals surface area contributed by atoms with Gasteiger partial charge in [-0.2, -0.15) is 0 Å². The van der Waals surface area contributed by atoms with E-state index in [4.69, 9.17) is 0 Å². The molecule has 0 amide bonds. The van der Waals surface area contributed by atoms with Crippen LogP contribution in [-0.2, 0) is 18.7 Å². The molecule has 1 heterocycles. The van der Waals surface area contributed by atoms with Crippen LogP contribution in [0.5, 0.6) is 5.75 Å². The minimum atomic E-state index is -0.241. The second-order valence-corrected chi connectivity index (χ2v) is 9.13. The molecule has 3 aromatic rings. The van der Waals surface area contributed by atoms with E-state index in [9.17, 15) is 14.3 Å². The molecule has 0 fully saturated rings. The minimum absolute atomic E-state index is 0.0295. The Kier molecular flexibility index (Phi) is 6.25. The SMILES string of the molecule is CC(C)(Cn1ccc(O)c(Cc2ccccc2)c1=O)SCc1ccc(F)cc1. The summed E-state index contributed by atoms with van der Waals surface area (Å²) in [7, 11) is 0. The van der Waals surface area contributed by atoms with Crippen LogP contribution in [0.2, 0.25) is 0 Å². The van der Waals surface area contributed by atoms with Gasteiger partial charge in [0, 0.05) is 29.7 Å². The number of aromatic nitrogens is 1. The topological polar surface area (TPSA) is 42.2 Å². The molecule has 3 nitrogen and oxygen atoms in total. The molecule has 1 N–H and O–H groups in total. The summed E-state index contributed by atoms with van der Waals surface area (Å²) in [4.78, 5) is 12.9. The van der Waals surface area contributed by atoms with Gasteiger partial charge < -0.3 is 9.67 Å². The summed E-state index contributed by atoms with van der Waals surface area (Å²) < 4.78 is 14.5. The Morgan fingerprint density at radius 1 is 1.00 bits per heavy atom. The lowest BCUT2D eigenvalue weighted by atomic mass is 10.1. The molecular formula is C23H24FNO2S. The third kappa shape index (κ3) is 5.26. The Balaban J connectivity index is 1.74. The van der Waals surface area contributed by atoms with Gasteiger partial charge in [0.05, 0.1) is 5.56 Å². The normalized spacial score (nSPS) is 11.5. The zero-order valence-corrected chi connectivity index (χ0v) is 16.9. The maximum Gasteiger partial charge on any atom is 0.257 e. The van der Waals surface area contributed by atoms with Gasteiger partial charge in [0.2, 0.25) is 0 Å². The summed E-state index contributed by atoms with van der Waals surface area (Å²) >= 11 is 1.71. The molecule has 0 radical (unpaired) electrons. The van der Waals surface area contributed by atoms with Gasteiger partial charge in [0.1, 0.15) is 11.6 Å². The third-order valence-corrected chi connectivity index (χ3v) is 5.95. The standard InChI is InChI=1S/C23H24FNO2S/c1-23(2,28-15-18-8-10-19(24)11-9-18)16-25-13-12-21(26)20(22(25)27)14-17-6-4-3-5-7-17/h3-13,26H,14-16H2,1-2H3. The monoisotopic (exact) mass is 397 g/mol. The van der Waals surface area contributed by atoms with Crippen LogP contribution >= 0.6 is 11.8 Å². The smallest absolute Gasteiger partial charge is 0.257 e. The summed E-state index contributed by atoms with van der Waals surface area (Å²) in [5.41, 5.74) is 2.27. The van der Waals surface area contributed by atoms with E-state index in [1.807, 2.05) is 30.3 Å². The van der Waals surface area contributed by atoms with Gasteiger partial charge in [-0.25, -0.2) is 4.39 Å². The van der Waals surface area contributed by atoms with Crippen molar-refractivity contribution in [3.63, 3.8) is 0 Å². The molecule has 1 aromatic heterocycles. The van der Waals surface area contributed by atoms with Crippen molar-refractivity contribution in [2.24, 2.45) is 0 Å². The maximum atomic E-state index is 13.1. The lowest BCUT2D eigenvalue weighted by molar-refractivity contribution is 0.460. The zero-order valence-electron chi connectivity index (χ0n) is 16.1. The molecule has 0 bridgehead atoms. The molecule has 0 atom stereocenters. The highest BCUT2D eigenvalue weighted by molar-refractivity contribution is 7.99. The minimum Gasteiger partial charge on any atom is -0.507 e. The van der Waals surface area contributed by atoms with Crippen LogP contribution in [0.25, 0.3) is 0 Å². The lowest BCUT2D eigenvalue weighted by Gasteiger charge is -2.25. The maximum absolute atomic E-state index is 13.1. The van der Waals surface area contributed by atoms with E-state index in [1.165, 1.54) is 12.1 Å². The first kappa shape index (κ1) is 20.2. The molecule has 28 heavy (non-hydrogen) atoms. The molecule has 0 aliphatic heterocycles. The number of hydrogen-bond donors (Lipinski definition) is 1. The van der Waals surface area contributed by atoms with E-state index in [1.54, 1.807) is 40.7 Å². The van der Waals surface area contributed by atoms with E-state index in [2.05, 4.69) is 13.8 Å². The Morgan fingerprint density at radius 3 is 2.36 bits per heavy atom. The molecule has 0 aliphatic rings. The molecule has 2 aromatic carbocycles. The Hall–Kier alpha value is -2.53. The van der Waals surface area contributed by atoms with Gasteiger partial charge in [-0.1, -0.05) is 42.5 Å². The largest absolute Gasteiger partial charge is 0.507 e. The highest BCUT2D eigenvalue weighted by Crippen LogP contribution is 2.30. The van der Waals surface area contributed by atoms with E-state index in [-0.39, 0.29) is 21.9 Å². The number of rotatable bonds is 7. The highest BCUT2D eigenvalue weighted by atomic mass is 32.2. The fourth-order valence-corrected chi connectivity index (χ4v) is 4.00. The first-order valence-corrected chi connectivity index (χ1v) is 10.2. The second kappa shape index (κ2) is 8.65.